The highest BCUT2D eigenvalue weighted by Crippen LogP contribution is 2.47. The molecule has 4 rings (SSSR count). The molecule has 5 nitrogen and oxygen atoms in total. The second-order valence-electron chi connectivity index (χ2n) is 9.31. The Morgan fingerprint density at radius 3 is 2.17 bits per heavy atom. The zero-order valence-corrected chi connectivity index (χ0v) is 17.3. The number of anilines is 1. The van der Waals surface area contributed by atoms with Crippen LogP contribution in [-0.4, -0.2) is 29.2 Å². The third-order valence-corrected chi connectivity index (χ3v) is 6.31. The van der Waals surface area contributed by atoms with Crippen molar-refractivity contribution in [3.05, 3.63) is 64.2 Å². The van der Waals surface area contributed by atoms with Gasteiger partial charge in [-0.3, -0.25) is 9.79 Å². The summed E-state index contributed by atoms with van der Waals surface area (Å²) in [6, 6.07) is 11.0. The minimum atomic E-state index is -0.963. The smallest absolute Gasteiger partial charge is 0.335 e. The molecule has 0 radical (unpaired) electrons. The van der Waals surface area contributed by atoms with Gasteiger partial charge in [-0.05, 0) is 59.1 Å². The monoisotopic (exact) mass is 390 g/mol. The van der Waals surface area contributed by atoms with Crippen LogP contribution in [-0.2, 0) is 15.6 Å². The number of aliphatic imine (C=N–C) groups is 1. The zero-order valence-electron chi connectivity index (χ0n) is 17.3. The normalized spacial score (nSPS) is 19.3. The Kier molecular flexibility index (Phi) is 4.37. The molecule has 0 aromatic heterocycles. The molecule has 2 aromatic rings. The maximum atomic E-state index is 12.3. The van der Waals surface area contributed by atoms with Crippen molar-refractivity contribution in [2.24, 2.45) is 4.99 Å². The van der Waals surface area contributed by atoms with E-state index in [0.29, 0.717) is 0 Å². The van der Waals surface area contributed by atoms with E-state index in [1.54, 1.807) is 24.3 Å². The van der Waals surface area contributed by atoms with Crippen LogP contribution in [0, 0.1) is 0 Å². The highest BCUT2D eigenvalue weighted by atomic mass is 16.4. The summed E-state index contributed by atoms with van der Waals surface area (Å²) in [7, 11) is 0. The number of amides is 1. The van der Waals surface area contributed by atoms with Crippen LogP contribution in [0.5, 0.6) is 0 Å². The zero-order chi connectivity index (χ0) is 21.0. The van der Waals surface area contributed by atoms with Crippen molar-refractivity contribution >= 4 is 23.3 Å². The Hall–Kier alpha value is -2.95. The summed E-state index contributed by atoms with van der Waals surface area (Å²) >= 11 is 0. The molecule has 1 aliphatic heterocycles. The van der Waals surface area contributed by atoms with E-state index in [1.807, 2.05) is 0 Å². The van der Waals surface area contributed by atoms with Crippen LogP contribution in [0.1, 0.15) is 73.1 Å². The number of nitrogens with one attached hydrogen (secondary N) is 1. The number of carbonyl (C=O) groups is 2. The number of benzene rings is 2. The summed E-state index contributed by atoms with van der Waals surface area (Å²) in [6.45, 7) is 9.09. The van der Waals surface area contributed by atoms with Crippen LogP contribution in [0.4, 0.5) is 5.69 Å². The summed E-state index contributed by atoms with van der Waals surface area (Å²) in [5.41, 5.74) is 6.06. The number of fused-ring (bicyclic) bond motifs is 2. The third kappa shape index (κ3) is 3.35. The molecule has 150 valence electrons. The summed E-state index contributed by atoms with van der Waals surface area (Å²) < 4.78 is 0. The molecule has 0 spiro atoms. The van der Waals surface area contributed by atoms with Crippen molar-refractivity contribution in [2.45, 2.75) is 51.4 Å². The molecule has 0 fully saturated rings. The second-order valence-corrected chi connectivity index (χ2v) is 9.31. The average Bonchev–Trinajstić information content (AvgIpc) is 2.82. The average molecular weight is 390 g/mol. The largest absolute Gasteiger partial charge is 0.478 e. The molecular formula is C24H26N2O3. The molecule has 2 aliphatic rings. The van der Waals surface area contributed by atoms with Crippen molar-refractivity contribution in [2.75, 3.05) is 11.9 Å². The van der Waals surface area contributed by atoms with Crippen LogP contribution in [0.15, 0.2) is 41.4 Å². The van der Waals surface area contributed by atoms with Crippen molar-refractivity contribution in [1.82, 2.24) is 0 Å². The van der Waals surface area contributed by atoms with Gasteiger partial charge in [0.1, 0.15) is 6.54 Å². The molecule has 0 saturated carbocycles. The lowest BCUT2D eigenvalue weighted by atomic mass is 9.62. The Balaban J connectivity index is 1.92. The van der Waals surface area contributed by atoms with Crippen molar-refractivity contribution in [1.29, 1.82) is 0 Å². The molecular weight excluding hydrogens is 364 g/mol. The summed E-state index contributed by atoms with van der Waals surface area (Å²) in [4.78, 5) is 28.1. The first kappa shape index (κ1) is 19.4. The molecule has 2 N–H and O–H groups in total. The fraction of sp³-hybridized carbons (Fsp3) is 0.375. The van der Waals surface area contributed by atoms with Gasteiger partial charge in [-0.1, -0.05) is 39.8 Å². The summed E-state index contributed by atoms with van der Waals surface area (Å²) in [5.74, 6) is -1.11. The Labute approximate surface area is 170 Å². The van der Waals surface area contributed by atoms with Gasteiger partial charge in [-0.25, -0.2) is 4.79 Å². The van der Waals surface area contributed by atoms with Gasteiger partial charge in [-0.2, -0.15) is 0 Å². The standard InChI is InChI=1S/C24H26N2O3/c1-23(2)9-10-24(3,4)18-12-19-16(11-17(18)23)21(25-13-20(27)26-19)14-5-7-15(8-6-14)22(28)29/h5-8,11-12H,9-10,13H2,1-4H3,(H,26,27)(H,28,29). The number of hydrogen-bond acceptors (Lipinski definition) is 3. The highest BCUT2D eigenvalue weighted by Gasteiger charge is 2.38. The van der Waals surface area contributed by atoms with E-state index in [9.17, 15) is 14.7 Å². The number of aromatic carboxylic acids is 1. The molecule has 2 aromatic carbocycles. The Morgan fingerprint density at radius 2 is 1.59 bits per heavy atom. The van der Waals surface area contributed by atoms with Gasteiger partial charge in [-0.15, -0.1) is 0 Å². The Morgan fingerprint density at radius 1 is 1.00 bits per heavy atom. The van der Waals surface area contributed by atoms with E-state index < -0.39 is 5.97 Å². The maximum absolute atomic E-state index is 12.3. The van der Waals surface area contributed by atoms with Crippen LogP contribution in [0.25, 0.3) is 0 Å². The molecule has 1 aliphatic carbocycles. The number of carboxylic acid groups (broad SMARTS) is 1. The number of carboxylic acids is 1. The topological polar surface area (TPSA) is 78.8 Å². The van der Waals surface area contributed by atoms with Gasteiger partial charge in [0.05, 0.1) is 17.0 Å². The molecule has 0 atom stereocenters. The lowest BCUT2D eigenvalue weighted by Gasteiger charge is -2.42. The molecule has 0 saturated heterocycles. The minimum Gasteiger partial charge on any atom is -0.478 e. The lowest BCUT2D eigenvalue weighted by molar-refractivity contribution is -0.114. The van der Waals surface area contributed by atoms with E-state index in [-0.39, 0.29) is 28.8 Å². The van der Waals surface area contributed by atoms with Gasteiger partial charge in [0.2, 0.25) is 5.91 Å². The van der Waals surface area contributed by atoms with Gasteiger partial charge in [0.25, 0.3) is 0 Å². The van der Waals surface area contributed by atoms with Crippen LogP contribution in [0.2, 0.25) is 0 Å². The maximum Gasteiger partial charge on any atom is 0.335 e. The lowest BCUT2D eigenvalue weighted by Crippen LogP contribution is -2.34. The molecule has 0 unspecified atom stereocenters. The van der Waals surface area contributed by atoms with E-state index in [1.165, 1.54) is 11.1 Å². The number of hydrogen-bond donors (Lipinski definition) is 2. The van der Waals surface area contributed by atoms with Crippen molar-refractivity contribution in [3.63, 3.8) is 0 Å². The SMILES string of the molecule is CC1(C)CCC(C)(C)c2cc3c(cc21)NC(=O)CN=C3c1ccc(C(=O)O)cc1. The van der Waals surface area contributed by atoms with E-state index in [4.69, 9.17) is 0 Å². The number of nitrogens with zero attached hydrogens (tertiary/aromatic N) is 1. The number of carbonyl (C=O) groups excluding carboxylic acids is 1. The van der Waals surface area contributed by atoms with Crippen molar-refractivity contribution in [3.8, 4) is 0 Å². The van der Waals surface area contributed by atoms with E-state index in [0.717, 1.165) is 35.4 Å². The summed E-state index contributed by atoms with van der Waals surface area (Å²) in [5, 5.41) is 12.2. The first-order valence-corrected chi connectivity index (χ1v) is 9.96. The van der Waals surface area contributed by atoms with Crippen LogP contribution >= 0.6 is 0 Å². The van der Waals surface area contributed by atoms with Crippen LogP contribution < -0.4 is 5.32 Å². The quantitative estimate of drug-likeness (QED) is 0.791. The third-order valence-electron chi connectivity index (χ3n) is 6.31. The van der Waals surface area contributed by atoms with E-state index in [2.05, 4.69) is 50.1 Å². The molecule has 1 amide bonds. The summed E-state index contributed by atoms with van der Waals surface area (Å²) in [6.07, 6.45) is 2.19. The second kappa shape index (κ2) is 6.55. The van der Waals surface area contributed by atoms with Gasteiger partial charge in [0, 0.05) is 11.1 Å². The first-order chi connectivity index (χ1) is 13.6. The van der Waals surface area contributed by atoms with Gasteiger partial charge >= 0.3 is 5.97 Å². The van der Waals surface area contributed by atoms with Gasteiger partial charge in [0.15, 0.2) is 0 Å². The minimum absolute atomic E-state index is 0.0362. The molecule has 1 heterocycles. The predicted octanol–water partition coefficient (Wildman–Crippen LogP) is 4.52. The Bertz CT molecular complexity index is 1050. The molecule has 5 heteroatoms. The highest BCUT2D eigenvalue weighted by molar-refractivity contribution is 6.19. The van der Waals surface area contributed by atoms with Gasteiger partial charge < -0.3 is 10.4 Å². The molecule has 29 heavy (non-hydrogen) atoms. The molecule has 0 bridgehead atoms. The van der Waals surface area contributed by atoms with E-state index >= 15 is 0 Å². The van der Waals surface area contributed by atoms with Crippen molar-refractivity contribution < 1.29 is 14.7 Å². The van der Waals surface area contributed by atoms with Crippen LogP contribution in [0.3, 0.4) is 0 Å². The predicted molar refractivity (Wildman–Crippen MR) is 114 cm³/mol. The fourth-order valence-electron chi connectivity index (χ4n) is 4.36. The first-order valence-electron chi connectivity index (χ1n) is 9.96. The fourth-order valence-corrected chi connectivity index (χ4v) is 4.36. The number of rotatable bonds is 2.